The van der Waals surface area contributed by atoms with E-state index in [-0.39, 0.29) is 25.7 Å². The first kappa shape index (κ1) is 94.1. The third-order valence-corrected chi connectivity index (χ3v) is 19.9. The smallest absolute Gasteiger partial charge is 0.462 e. The lowest BCUT2D eigenvalue weighted by Crippen LogP contribution is -2.30. The summed E-state index contributed by atoms with van der Waals surface area (Å²) in [6.07, 6.45) is 59.7. The predicted octanol–water partition coefficient (Wildman–Crippen LogP) is 22.9. The van der Waals surface area contributed by atoms with Crippen LogP contribution in [0.3, 0.4) is 0 Å². The number of esters is 4. The van der Waals surface area contributed by atoms with Crippen LogP contribution >= 0.6 is 15.6 Å². The number of unbranched alkanes of at least 4 members (excludes halogenated alkanes) is 49. The topological polar surface area (TPSA) is 237 Å². The molecule has 0 aliphatic rings. The summed E-state index contributed by atoms with van der Waals surface area (Å²) in [5.41, 5.74) is 0. The van der Waals surface area contributed by atoms with Crippen molar-refractivity contribution < 1.29 is 80.2 Å². The average Bonchev–Trinajstić information content (AvgIpc) is 1.24. The van der Waals surface area contributed by atoms with Crippen LogP contribution in [0, 0.1) is 5.92 Å². The summed E-state index contributed by atoms with van der Waals surface area (Å²) in [5, 5.41) is 10.6. The second-order valence-electron chi connectivity index (χ2n) is 28.2. The number of aliphatic hydroxyl groups excluding tert-OH is 1. The first-order valence-electron chi connectivity index (χ1n) is 40.1. The Bertz CT molecular complexity index is 1840. The van der Waals surface area contributed by atoms with E-state index in [1.807, 2.05) is 0 Å². The van der Waals surface area contributed by atoms with Crippen LogP contribution in [0.1, 0.15) is 407 Å². The van der Waals surface area contributed by atoms with Gasteiger partial charge in [-0.05, 0) is 31.6 Å². The second-order valence-corrected chi connectivity index (χ2v) is 31.1. The third kappa shape index (κ3) is 70.5. The maximum absolute atomic E-state index is 13.1. The van der Waals surface area contributed by atoms with Gasteiger partial charge in [0.15, 0.2) is 12.2 Å². The molecule has 2 unspecified atom stereocenters. The van der Waals surface area contributed by atoms with Crippen molar-refractivity contribution in [2.75, 3.05) is 39.6 Å². The summed E-state index contributed by atoms with van der Waals surface area (Å²) in [7, 11) is -9.91. The van der Waals surface area contributed by atoms with Gasteiger partial charge in [0.05, 0.1) is 26.4 Å². The maximum atomic E-state index is 13.1. The van der Waals surface area contributed by atoms with Crippen LogP contribution in [0.25, 0.3) is 0 Å². The van der Waals surface area contributed by atoms with Gasteiger partial charge < -0.3 is 33.8 Å². The summed E-state index contributed by atoms with van der Waals surface area (Å²) in [4.78, 5) is 72.8. The van der Waals surface area contributed by atoms with E-state index in [1.165, 1.54) is 231 Å². The van der Waals surface area contributed by atoms with Gasteiger partial charge in [0.1, 0.15) is 19.3 Å². The summed E-state index contributed by atoms with van der Waals surface area (Å²) < 4.78 is 68.5. The molecule has 0 rings (SSSR count). The molecule has 570 valence electrons. The standard InChI is InChI=1S/C77H150O17P2/c1-6-9-12-15-18-21-24-27-28-29-30-31-32-33-34-35-38-41-48-53-58-63-77(82)93-72(66-87-74(79)60-55-50-45-39-36-25-22-19-16-13-10-7-2)68-91-95(83,84)89-64-71(78)65-90-96(85,86)92-69-73(67-88-75(80)61-56-51-46-43-42-44-49-54-59-70(4)5)94-76(81)62-57-52-47-40-37-26-23-20-17-14-11-8-3/h70-73,78H,6-69H2,1-5H3,(H,83,84)(H,85,86)/t71-,72-,73-/m1/s1. The number of hydrogen-bond acceptors (Lipinski definition) is 15. The fourth-order valence-electron chi connectivity index (χ4n) is 11.9. The Balaban J connectivity index is 5.19. The van der Waals surface area contributed by atoms with E-state index in [0.717, 1.165) is 95.8 Å². The van der Waals surface area contributed by atoms with E-state index in [2.05, 4.69) is 34.6 Å². The van der Waals surface area contributed by atoms with Crippen LogP contribution in [0.5, 0.6) is 0 Å². The zero-order valence-corrected chi connectivity index (χ0v) is 64.3. The van der Waals surface area contributed by atoms with Crippen LogP contribution in [0.15, 0.2) is 0 Å². The number of phosphoric ester groups is 2. The highest BCUT2D eigenvalue weighted by Crippen LogP contribution is 2.45. The van der Waals surface area contributed by atoms with Crippen LogP contribution < -0.4 is 0 Å². The van der Waals surface area contributed by atoms with Crippen LogP contribution in [0.4, 0.5) is 0 Å². The van der Waals surface area contributed by atoms with Gasteiger partial charge in [-0.3, -0.25) is 37.3 Å². The van der Waals surface area contributed by atoms with Gasteiger partial charge >= 0.3 is 39.5 Å². The predicted molar refractivity (Wildman–Crippen MR) is 391 cm³/mol. The molecule has 0 aliphatic heterocycles. The van der Waals surface area contributed by atoms with E-state index in [0.29, 0.717) is 25.7 Å². The van der Waals surface area contributed by atoms with Crippen molar-refractivity contribution in [3.8, 4) is 0 Å². The Morgan fingerprint density at radius 1 is 0.281 bits per heavy atom. The fourth-order valence-corrected chi connectivity index (χ4v) is 13.5. The first-order valence-corrected chi connectivity index (χ1v) is 43.1. The van der Waals surface area contributed by atoms with Crippen LogP contribution in [-0.4, -0.2) is 96.7 Å². The van der Waals surface area contributed by atoms with Crippen molar-refractivity contribution in [3.63, 3.8) is 0 Å². The molecular weight excluding hydrogens is 1260 g/mol. The van der Waals surface area contributed by atoms with E-state index >= 15 is 0 Å². The van der Waals surface area contributed by atoms with Gasteiger partial charge in [0.2, 0.25) is 0 Å². The van der Waals surface area contributed by atoms with Crippen molar-refractivity contribution in [1.29, 1.82) is 0 Å². The normalized spacial score (nSPS) is 13.9. The molecule has 19 heteroatoms. The Morgan fingerprint density at radius 2 is 0.479 bits per heavy atom. The molecule has 0 aliphatic carbocycles. The van der Waals surface area contributed by atoms with E-state index in [9.17, 15) is 43.2 Å². The number of aliphatic hydroxyl groups is 1. The van der Waals surface area contributed by atoms with Crippen molar-refractivity contribution in [1.82, 2.24) is 0 Å². The molecule has 5 atom stereocenters. The molecule has 0 aromatic carbocycles. The second kappa shape index (κ2) is 70.1. The quantitative estimate of drug-likeness (QED) is 0.0222. The van der Waals surface area contributed by atoms with Crippen molar-refractivity contribution in [2.24, 2.45) is 5.92 Å². The number of hydrogen-bond donors (Lipinski definition) is 3. The highest BCUT2D eigenvalue weighted by Gasteiger charge is 2.30. The Labute approximate surface area is 588 Å². The van der Waals surface area contributed by atoms with Crippen LogP contribution in [-0.2, 0) is 65.4 Å². The minimum atomic E-state index is -4.96. The van der Waals surface area contributed by atoms with Crippen molar-refractivity contribution >= 4 is 39.5 Å². The maximum Gasteiger partial charge on any atom is 0.472 e. The highest BCUT2D eigenvalue weighted by atomic mass is 31.2. The Hall–Kier alpha value is -1.94. The summed E-state index contributed by atoms with van der Waals surface area (Å²) in [5.74, 6) is -1.39. The average molecular weight is 1410 g/mol. The lowest BCUT2D eigenvalue weighted by atomic mass is 10.0. The fraction of sp³-hybridized carbons (Fsp3) is 0.948. The summed E-state index contributed by atoms with van der Waals surface area (Å²) >= 11 is 0. The number of ether oxygens (including phenoxy) is 4. The van der Waals surface area contributed by atoms with Crippen LogP contribution in [0.2, 0.25) is 0 Å². The van der Waals surface area contributed by atoms with Gasteiger partial charge in [-0.2, -0.15) is 0 Å². The molecule has 0 fully saturated rings. The monoisotopic (exact) mass is 1410 g/mol. The molecular formula is C77H150O17P2. The van der Waals surface area contributed by atoms with E-state index in [1.54, 1.807) is 0 Å². The van der Waals surface area contributed by atoms with Crippen molar-refractivity contribution in [2.45, 2.75) is 425 Å². The third-order valence-electron chi connectivity index (χ3n) is 18.0. The van der Waals surface area contributed by atoms with Gasteiger partial charge in [-0.15, -0.1) is 0 Å². The molecule has 96 heavy (non-hydrogen) atoms. The SMILES string of the molecule is CCCCCCCCCCCCCCCCCCCCCCCC(=O)O[C@H](COC(=O)CCCCCCCCCCCCCC)COP(=O)(O)OC[C@@H](O)COP(=O)(O)OC[C@@H](COC(=O)CCCCCCCCCCC(C)C)OC(=O)CCCCCCCCCCCCCC. The summed E-state index contributed by atoms with van der Waals surface area (Å²) in [6.45, 7) is 7.26. The number of phosphoric acid groups is 2. The summed E-state index contributed by atoms with van der Waals surface area (Å²) in [6, 6.07) is 0. The van der Waals surface area contributed by atoms with Gasteiger partial charge in [-0.25, -0.2) is 9.13 Å². The van der Waals surface area contributed by atoms with Gasteiger partial charge in [-0.1, -0.05) is 356 Å². The first-order chi connectivity index (χ1) is 46.5. The van der Waals surface area contributed by atoms with E-state index < -0.39 is 97.5 Å². The van der Waals surface area contributed by atoms with Crippen molar-refractivity contribution in [3.05, 3.63) is 0 Å². The highest BCUT2D eigenvalue weighted by molar-refractivity contribution is 7.47. The molecule has 0 saturated heterocycles. The largest absolute Gasteiger partial charge is 0.472 e. The lowest BCUT2D eigenvalue weighted by molar-refractivity contribution is -0.161. The zero-order valence-electron chi connectivity index (χ0n) is 62.5. The minimum absolute atomic E-state index is 0.107. The molecule has 0 aromatic rings. The molecule has 0 heterocycles. The molecule has 0 bridgehead atoms. The zero-order chi connectivity index (χ0) is 70.5. The molecule has 0 radical (unpaired) electrons. The Kier molecular flexibility index (Phi) is 68.7. The molecule has 0 spiro atoms. The molecule has 0 saturated carbocycles. The Morgan fingerprint density at radius 3 is 0.708 bits per heavy atom. The number of carbonyl (C=O) groups is 4. The molecule has 17 nitrogen and oxygen atoms in total. The molecule has 0 aromatic heterocycles. The number of rotatable bonds is 77. The number of carbonyl (C=O) groups excluding carboxylic acids is 4. The minimum Gasteiger partial charge on any atom is -0.462 e. The van der Waals surface area contributed by atoms with E-state index in [4.69, 9.17) is 37.0 Å². The molecule has 0 amide bonds. The van der Waals surface area contributed by atoms with Gasteiger partial charge in [0, 0.05) is 25.7 Å². The lowest BCUT2D eigenvalue weighted by Gasteiger charge is -2.21. The molecule has 3 N–H and O–H groups in total. The van der Waals surface area contributed by atoms with Gasteiger partial charge in [0.25, 0.3) is 0 Å².